The van der Waals surface area contributed by atoms with Gasteiger partial charge in [0, 0.05) is 48.3 Å². The minimum atomic E-state index is -0.610. The largest absolute Gasteiger partial charge is 0.448 e. The molecule has 0 aliphatic rings. The highest BCUT2D eigenvalue weighted by atomic mass is 35.5. The Morgan fingerprint density at radius 3 is 2.40 bits per heavy atom. The van der Waals surface area contributed by atoms with Crippen molar-refractivity contribution in [3.8, 4) is 0 Å². The van der Waals surface area contributed by atoms with Gasteiger partial charge < -0.3 is 24.4 Å². The summed E-state index contributed by atoms with van der Waals surface area (Å²) in [6, 6.07) is 7.09. The first-order chi connectivity index (χ1) is 18.6. The molecule has 2 amide bonds. The molecule has 0 fully saturated rings. The number of oxazole rings is 1. The molecule has 9 nitrogen and oxygen atoms in total. The van der Waals surface area contributed by atoms with Gasteiger partial charge in [0.15, 0.2) is 5.89 Å². The van der Waals surface area contributed by atoms with E-state index in [0.29, 0.717) is 29.4 Å². The van der Waals surface area contributed by atoms with E-state index in [1.165, 1.54) is 0 Å². The fourth-order valence-electron chi connectivity index (χ4n) is 3.93. The fourth-order valence-corrected chi connectivity index (χ4v) is 4.13. The van der Waals surface area contributed by atoms with Crippen molar-refractivity contribution >= 4 is 23.6 Å². The van der Waals surface area contributed by atoms with Crippen LogP contribution >= 0.6 is 11.6 Å². The Morgan fingerprint density at radius 1 is 1.05 bits per heavy atom. The van der Waals surface area contributed by atoms with Crippen molar-refractivity contribution in [2.45, 2.75) is 92.0 Å². The zero-order valence-corrected chi connectivity index (χ0v) is 25.1. The summed E-state index contributed by atoms with van der Waals surface area (Å²) in [6.45, 7) is 14.1. The third-order valence-electron chi connectivity index (χ3n) is 6.11. The van der Waals surface area contributed by atoms with E-state index in [9.17, 15) is 14.4 Å². The normalized spacial score (nSPS) is 11.8. The molecule has 0 aliphatic heterocycles. The van der Waals surface area contributed by atoms with Crippen LogP contribution in [0.1, 0.15) is 75.4 Å². The van der Waals surface area contributed by atoms with Crippen LogP contribution in [0.5, 0.6) is 0 Å². The van der Waals surface area contributed by atoms with Gasteiger partial charge in [-0.15, -0.1) is 0 Å². The summed E-state index contributed by atoms with van der Waals surface area (Å²) >= 11 is 6.19. The van der Waals surface area contributed by atoms with Crippen LogP contribution in [0.25, 0.3) is 0 Å². The number of nitrogens with one attached hydrogen (secondary N) is 2. The number of benzene rings is 1. The molecule has 10 heteroatoms. The number of aryl methyl sites for hydroxylation is 3. The number of carbonyl (C=O) groups is 2. The molecule has 216 valence electrons. The SMILES string of the molecule is Cc1ccn(CCc2coc(C(C)(C)C)n2)c(=O)c1CC(=O)NCc1cc(Cl)ccc1CNC(=O)OC(C)(C)C. The monoisotopic (exact) mass is 570 g/mol. The highest BCUT2D eigenvalue weighted by molar-refractivity contribution is 6.30. The van der Waals surface area contributed by atoms with Crippen molar-refractivity contribution in [3.63, 3.8) is 0 Å². The smallest absolute Gasteiger partial charge is 0.407 e. The first-order valence-electron chi connectivity index (χ1n) is 13.3. The lowest BCUT2D eigenvalue weighted by Gasteiger charge is -2.20. The van der Waals surface area contributed by atoms with Crippen LogP contribution in [0.15, 0.2) is 45.9 Å². The second-order valence-corrected chi connectivity index (χ2v) is 12.3. The Morgan fingerprint density at radius 2 is 1.75 bits per heavy atom. The van der Waals surface area contributed by atoms with E-state index in [-0.39, 0.29) is 36.4 Å². The van der Waals surface area contributed by atoms with Gasteiger partial charge in [0.05, 0.1) is 12.1 Å². The van der Waals surface area contributed by atoms with Crippen LogP contribution in [-0.4, -0.2) is 27.2 Å². The standard InChI is InChI=1S/C30H39ClN4O5/c1-19-10-12-35(13-11-23-18-39-27(34-23)29(2,3)4)26(37)24(19)15-25(36)32-17-21-14-22(31)9-8-20(21)16-33-28(38)40-30(5,6)7/h8-10,12,14,18H,11,13,15-17H2,1-7H3,(H,32,36)(H,33,38). The second-order valence-electron chi connectivity index (χ2n) is 11.8. The molecule has 0 radical (unpaired) electrons. The average Bonchev–Trinajstić information content (AvgIpc) is 3.33. The summed E-state index contributed by atoms with van der Waals surface area (Å²) in [4.78, 5) is 42.7. The van der Waals surface area contributed by atoms with E-state index >= 15 is 0 Å². The third kappa shape index (κ3) is 8.98. The number of alkyl carbamates (subject to hydrolysis) is 1. The molecule has 40 heavy (non-hydrogen) atoms. The highest BCUT2D eigenvalue weighted by Crippen LogP contribution is 2.21. The molecule has 0 saturated heterocycles. The molecule has 0 aliphatic carbocycles. The Kier molecular flexibility index (Phi) is 9.84. The lowest BCUT2D eigenvalue weighted by atomic mass is 9.97. The summed E-state index contributed by atoms with van der Waals surface area (Å²) in [6.07, 6.45) is 3.30. The number of nitrogens with zero attached hydrogens (tertiary/aromatic N) is 2. The number of ether oxygens (including phenoxy) is 1. The quantitative estimate of drug-likeness (QED) is 0.364. The van der Waals surface area contributed by atoms with Crippen molar-refractivity contribution in [2.24, 2.45) is 0 Å². The third-order valence-corrected chi connectivity index (χ3v) is 6.34. The number of aromatic nitrogens is 2. The van der Waals surface area contributed by atoms with Crippen LogP contribution in [-0.2, 0) is 47.4 Å². The number of amides is 2. The van der Waals surface area contributed by atoms with Crippen LogP contribution < -0.4 is 16.2 Å². The zero-order valence-electron chi connectivity index (χ0n) is 24.3. The number of hydrogen-bond donors (Lipinski definition) is 2. The van der Waals surface area contributed by atoms with E-state index in [0.717, 1.165) is 22.4 Å². The number of pyridine rings is 1. The lowest BCUT2D eigenvalue weighted by molar-refractivity contribution is -0.120. The summed E-state index contributed by atoms with van der Waals surface area (Å²) in [7, 11) is 0. The first-order valence-corrected chi connectivity index (χ1v) is 13.6. The molecular formula is C30H39ClN4O5. The van der Waals surface area contributed by atoms with Crippen LogP contribution in [0.2, 0.25) is 5.02 Å². The van der Waals surface area contributed by atoms with Crippen molar-refractivity contribution < 1.29 is 18.7 Å². The van der Waals surface area contributed by atoms with Gasteiger partial charge in [-0.05, 0) is 62.6 Å². The second kappa shape index (κ2) is 12.7. The van der Waals surface area contributed by atoms with Crippen molar-refractivity contribution in [3.05, 3.63) is 85.9 Å². The lowest BCUT2D eigenvalue weighted by Crippen LogP contribution is -2.33. The number of carbonyl (C=O) groups excluding carboxylic acids is 2. The van der Waals surface area contributed by atoms with Gasteiger partial charge in [-0.2, -0.15) is 0 Å². The number of hydrogen-bond acceptors (Lipinski definition) is 6. The predicted molar refractivity (Wildman–Crippen MR) is 154 cm³/mol. The molecule has 0 bridgehead atoms. The van der Waals surface area contributed by atoms with E-state index in [2.05, 4.69) is 15.6 Å². The minimum absolute atomic E-state index is 0.0598. The molecule has 3 rings (SSSR count). The topological polar surface area (TPSA) is 115 Å². The van der Waals surface area contributed by atoms with Crippen molar-refractivity contribution in [1.82, 2.24) is 20.2 Å². The van der Waals surface area contributed by atoms with Crippen molar-refractivity contribution in [1.29, 1.82) is 0 Å². The first kappa shape index (κ1) is 30.9. The summed E-state index contributed by atoms with van der Waals surface area (Å²) < 4.78 is 12.5. The maximum atomic E-state index is 13.2. The summed E-state index contributed by atoms with van der Waals surface area (Å²) in [5.41, 5.74) is 2.49. The molecule has 0 unspecified atom stereocenters. The minimum Gasteiger partial charge on any atom is -0.448 e. The number of rotatable bonds is 9. The van der Waals surface area contributed by atoms with Gasteiger partial charge in [-0.3, -0.25) is 9.59 Å². The maximum Gasteiger partial charge on any atom is 0.407 e. The Bertz CT molecular complexity index is 1410. The highest BCUT2D eigenvalue weighted by Gasteiger charge is 2.20. The van der Waals surface area contributed by atoms with Gasteiger partial charge in [-0.1, -0.05) is 38.4 Å². The van der Waals surface area contributed by atoms with Gasteiger partial charge in [0.1, 0.15) is 11.9 Å². The fraction of sp³-hybridized carbons (Fsp3) is 0.467. The maximum absolute atomic E-state index is 13.2. The zero-order chi connectivity index (χ0) is 29.7. The Hall–Kier alpha value is -3.59. The molecule has 1 aromatic carbocycles. The van der Waals surface area contributed by atoms with Gasteiger partial charge >= 0.3 is 6.09 Å². The van der Waals surface area contributed by atoms with Crippen LogP contribution in [0.4, 0.5) is 4.79 Å². The molecule has 0 atom stereocenters. The summed E-state index contributed by atoms with van der Waals surface area (Å²) in [5.74, 6) is 0.356. The average molecular weight is 571 g/mol. The molecule has 0 saturated carbocycles. The molecule has 2 N–H and O–H groups in total. The van der Waals surface area contributed by atoms with Crippen molar-refractivity contribution in [2.75, 3.05) is 0 Å². The summed E-state index contributed by atoms with van der Waals surface area (Å²) in [5, 5.41) is 6.11. The van der Waals surface area contributed by atoms with E-state index in [4.69, 9.17) is 20.8 Å². The molecule has 3 aromatic rings. The van der Waals surface area contributed by atoms with Crippen LogP contribution in [0, 0.1) is 6.92 Å². The molecule has 2 aromatic heterocycles. The Labute approximate surface area is 240 Å². The van der Waals surface area contributed by atoms with Gasteiger partial charge in [0.2, 0.25) is 5.91 Å². The van der Waals surface area contributed by atoms with E-state index in [1.807, 2.05) is 33.8 Å². The molecule has 2 heterocycles. The van der Waals surface area contributed by atoms with E-state index in [1.54, 1.807) is 56.0 Å². The molecule has 0 spiro atoms. The van der Waals surface area contributed by atoms with E-state index < -0.39 is 11.7 Å². The van der Waals surface area contributed by atoms with Gasteiger partial charge in [-0.25, -0.2) is 9.78 Å². The van der Waals surface area contributed by atoms with Crippen LogP contribution in [0.3, 0.4) is 0 Å². The molecular weight excluding hydrogens is 532 g/mol. The van der Waals surface area contributed by atoms with Gasteiger partial charge in [0.25, 0.3) is 5.56 Å². The number of halogens is 1. The predicted octanol–water partition coefficient (Wildman–Crippen LogP) is 5.22. The Balaban J connectivity index is 1.63.